The molecule has 0 atom stereocenters. The van der Waals surface area contributed by atoms with Crippen molar-refractivity contribution in [3.8, 4) is 17.1 Å². The smallest absolute Gasteiger partial charge is 0.151 e. The highest BCUT2D eigenvalue weighted by Crippen LogP contribution is 2.32. The minimum absolute atomic E-state index is 0.0251. The molecule has 3 N–H and O–H groups in total. The summed E-state index contributed by atoms with van der Waals surface area (Å²) < 4.78 is 15.9. The molecule has 0 saturated carbocycles. The highest BCUT2D eigenvalue weighted by Gasteiger charge is 2.17. The molecule has 108 valence electrons. The van der Waals surface area contributed by atoms with Crippen LogP contribution in [0.1, 0.15) is 19.9 Å². The molecule has 0 saturated heterocycles. The first kappa shape index (κ1) is 13.4. The summed E-state index contributed by atoms with van der Waals surface area (Å²) in [5.74, 6) is 0.314. The number of hydrogen-bond acceptors (Lipinski definition) is 3. The van der Waals surface area contributed by atoms with E-state index in [1.54, 1.807) is 18.2 Å². The summed E-state index contributed by atoms with van der Waals surface area (Å²) in [6, 6.07) is 9.92. The van der Waals surface area contributed by atoms with Gasteiger partial charge in [0, 0.05) is 11.6 Å². The number of hydrogen-bond donors (Lipinski definition) is 2. The van der Waals surface area contributed by atoms with Gasteiger partial charge in [-0.3, -0.25) is 0 Å². The summed E-state index contributed by atoms with van der Waals surface area (Å²) in [4.78, 5) is 4.43. The quantitative estimate of drug-likeness (QED) is 0.557. The van der Waals surface area contributed by atoms with E-state index < -0.39 is 0 Å². The fraction of sp³-hybridized carbons (Fsp3) is 0.188. The van der Waals surface area contributed by atoms with Crippen molar-refractivity contribution in [3.05, 3.63) is 42.2 Å². The largest absolute Gasteiger partial charge is 0.506 e. The fourth-order valence-electron chi connectivity index (χ4n) is 2.50. The summed E-state index contributed by atoms with van der Waals surface area (Å²) in [5.41, 5.74) is 7.85. The molecule has 0 fully saturated rings. The lowest BCUT2D eigenvalue weighted by molar-refractivity contribution is 0.478. The van der Waals surface area contributed by atoms with Gasteiger partial charge < -0.3 is 15.4 Å². The average molecular weight is 285 g/mol. The van der Waals surface area contributed by atoms with Gasteiger partial charge in [0.15, 0.2) is 5.82 Å². The van der Waals surface area contributed by atoms with Gasteiger partial charge >= 0.3 is 0 Å². The fourth-order valence-corrected chi connectivity index (χ4v) is 2.50. The standard InChI is InChI=1S/C16H16FN3O/c1-9(2)20-13-5-3-4-11(17)15(13)19-16(20)10-6-7-14(21)12(18)8-10/h3-9,21H,18H2,1-2H3. The maximum atomic E-state index is 14.0. The van der Waals surface area contributed by atoms with Crippen LogP contribution in [0, 0.1) is 5.82 Å². The number of nitrogens with two attached hydrogens (primary N) is 1. The monoisotopic (exact) mass is 285 g/mol. The van der Waals surface area contributed by atoms with Crippen LogP contribution >= 0.6 is 0 Å². The highest BCUT2D eigenvalue weighted by molar-refractivity contribution is 5.82. The molecule has 1 aromatic heterocycles. The number of aromatic hydroxyl groups is 1. The number of rotatable bonds is 2. The average Bonchev–Trinajstić information content (AvgIpc) is 2.83. The van der Waals surface area contributed by atoms with Gasteiger partial charge in [-0.25, -0.2) is 9.37 Å². The molecule has 2 aromatic carbocycles. The second kappa shape index (κ2) is 4.77. The Labute approximate surface area is 121 Å². The van der Waals surface area contributed by atoms with Crippen molar-refractivity contribution in [2.24, 2.45) is 0 Å². The molecule has 1 heterocycles. The van der Waals surface area contributed by atoms with Crippen molar-refractivity contribution in [3.63, 3.8) is 0 Å². The first-order valence-electron chi connectivity index (χ1n) is 6.74. The van der Waals surface area contributed by atoms with Crippen LogP contribution in [0.2, 0.25) is 0 Å². The lowest BCUT2D eigenvalue weighted by atomic mass is 10.1. The second-order valence-corrected chi connectivity index (χ2v) is 5.28. The Morgan fingerprint density at radius 1 is 1.24 bits per heavy atom. The minimum Gasteiger partial charge on any atom is -0.506 e. The molecule has 0 aliphatic heterocycles. The van der Waals surface area contributed by atoms with Crippen LogP contribution in [0.4, 0.5) is 10.1 Å². The van der Waals surface area contributed by atoms with Crippen LogP contribution in [-0.4, -0.2) is 14.7 Å². The van der Waals surface area contributed by atoms with Crippen LogP contribution in [0.3, 0.4) is 0 Å². The number of fused-ring (bicyclic) bond motifs is 1. The molecule has 4 nitrogen and oxygen atoms in total. The Bertz CT molecular complexity index is 824. The van der Waals surface area contributed by atoms with E-state index in [-0.39, 0.29) is 23.3 Å². The molecule has 3 rings (SSSR count). The number of phenols is 1. The van der Waals surface area contributed by atoms with Crippen LogP contribution in [-0.2, 0) is 0 Å². The van der Waals surface area contributed by atoms with E-state index in [9.17, 15) is 9.50 Å². The highest BCUT2D eigenvalue weighted by atomic mass is 19.1. The summed E-state index contributed by atoms with van der Waals surface area (Å²) in [6.45, 7) is 4.03. The molecular formula is C16H16FN3O. The Morgan fingerprint density at radius 3 is 2.67 bits per heavy atom. The van der Waals surface area contributed by atoms with Crippen molar-refractivity contribution < 1.29 is 9.50 Å². The van der Waals surface area contributed by atoms with Crippen molar-refractivity contribution in [1.29, 1.82) is 0 Å². The van der Waals surface area contributed by atoms with Crippen LogP contribution < -0.4 is 5.73 Å². The predicted molar refractivity (Wildman–Crippen MR) is 81.6 cm³/mol. The maximum Gasteiger partial charge on any atom is 0.151 e. The van der Waals surface area contributed by atoms with Crippen LogP contribution in [0.25, 0.3) is 22.4 Å². The van der Waals surface area contributed by atoms with E-state index in [1.165, 1.54) is 12.1 Å². The molecule has 0 amide bonds. The predicted octanol–water partition coefficient (Wildman–Crippen LogP) is 3.71. The molecule has 0 aliphatic carbocycles. The number of anilines is 1. The second-order valence-electron chi connectivity index (χ2n) is 5.28. The molecule has 0 unspecified atom stereocenters. The van der Waals surface area contributed by atoms with E-state index in [0.717, 1.165) is 11.1 Å². The SMILES string of the molecule is CC(C)n1c(-c2ccc(O)c(N)c2)nc2c(F)cccc21. The van der Waals surface area contributed by atoms with E-state index in [2.05, 4.69) is 4.98 Å². The number of benzene rings is 2. The number of para-hydroxylation sites is 1. The maximum absolute atomic E-state index is 14.0. The lowest BCUT2D eigenvalue weighted by Crippen LogP contribution is -2.03. The van der Waals surface area contributed by atoms with Gasteiger partial charge in [-0.15, -0.1) is 0 Å². The molecule has 0 aliphatic rings. The Kier molecular flexibility index (Phi) is 3.05. The van der Waals surface area contributed by atoms with Gasteiger partial charge in [0.2, 0.25) is 0 Å². The van der Waals surface area contributed by atoms with Crippen LogP contribution in [0.15, 0.2) is 36.4 Å². The Hall–Kier alpha value is -2.56. The normalized spacial score (nSPS) is 11.4. The lowest BCUT2D eigenvalue weighted by Gasteiger charge is -2.13. The van der Waals surface area contributed by atoms with Gasteiger partial charge in [-0.2, -0.15) is 0 Å². The van der Waals surface area contributed by atoms with Crippen molar-refractivity contribution in [1.82, 2.24) is 9.55 Å². The molecule has 0 radical (unpaired) electrons. The molecule has 21 heavy (non-hydrogen) atoms. The number of nitrogens with zero attached hydrogens (tertiary/aromatic N) is 2. The van der Waals surface area contributed by atoms with Gasteiger partial charge in [-0.05, 0) is 44.2 Å². The van der Waals surface area contributed by atoms with E-state index >= 15 is 0 Å². The third-order valence-electron chi connectivity index (χ3n) is 3.47. The summed E-state index contributed by atoms with van der Waals surface area (Å²) >= 11 is 0. The molecule has 0 spiro atoms. The third-order valence-corrected chi connectivity index (χ3v) is 3.47. The van der Waals surface area contributed by atoms with Crippen molar-refractivity contribution in [2.75, 3.05) is 5.73 Å². The number of halogens is 1. The zero-order valence-corrected chi connectivity index (χ0v) is 11.8. The number of aromatic nitrogens is 2. The summed E-state index contributed by atoms with van der Waals surface area (Å²) in [5, 5.41) is 9.54. The minimum atomic E-state index is -0.347. The number of imidazole rings is 1. The van der Waals surface area contributed by atoms with Gasteiger partial charge in [0.1, 0.15) is 17.1 Å². The number of phenolic OH excluding ortho intramolecular Hbond substituents is 1. The van der Waals surface area contributed by atoms with Gasteiger partial charge in [-0.1, -0.05) is 6.07 Å². The van der Waals surface area contributed by atoms with Gasteiger partial charge in [0.05, 0.1) is 11.2 Å². The van der Waals surface area contributed by atoms with E-state index in [0.29, 0.717) is 11.3 Å². The number of nitrogen functional groups attached to an aromatic ring is 1. The summed E-state index contributed by atoms with van der Waals surface area (Å²) in [6.07, 6.45) is 0. The van der Waals surface area contributed by atoms with Crippen molar-refractivity contribution >= 4 is 16.7 Å². The first-order valence-corrected chi connectivity index (χ1v) is 6.74. The van der Waals surface area contributed by atoms with Gasteiger partial charge in [0.25, 0.3) is 0 Å². The molecular weight excluding hydrogens is 269 g/mol. The zero-order valence-electron chi connectivity index (χ0n) is 11.8. The molecule has 5 heteroatoms. The Morgan fingerprint density at radius 2 is 2.00 bits per heavy atom. The molecule has 3 aromatic rings. The summed E-state index contributed by atoms with van der Waals surface area (Å²) in [7, 11) is 0. The van der Waals surface area contributed by atoms with E-state index in [1.807, 2.05) is 24.5 Å². The zero-order chi connectivity index (χ0) is 15.1. The van der Waals surface area contributed by atoms with Crippen molar-refractivity contribution in [2.45, 2.75) is 19.9 Å². The third kappa shape index (κ3) is 2.11. The Balaban J connectivity index is 2.33. The topological polar surface area (TPSA) is 64.1 Å². The molecule has 0 bridgehead atoms. The van der Waals surface area contributed by atoms with E-state index in [4.69, 9.17) is 5.73 Å². The first-order chi connectivity index (χ1) is 9.99. The van der Waals surface area contributed by atoms with Crippen LogP contribution in [0.5, 0.6) is 5.75 Å².